The lowest BCUT2D eigenvalue weighted by molar-refractivity contribution is -0.124. The number of methoxy groups -OCH3 is 1. The normalized spacial score (nSPS) is 15.4. The fourth-order valence-electron chi connectivity index (χ4n) is 4.55. The van der Waals surface area contributed by atoms with Crippen molar-refractivity contribution in [3.63, 3.8) is 0 Å². The molecule has 1 aliphatic rings. The first kappa shape index (κ1) is 25.7. The lowest BCUT2D eigenvalue weighted by Gasteiger charge is -2.13. The van der Waals surface area contributed by atoms with Gasteiger partial charge in [0.2, 0.25) is 0 Å². The van der Waals surface area contributed by atoms with Gasteiger partial charge < -0.3 is 24.7 Å². The van der Waals surface area contributed by atoms with E-state index < -0.39 is 12.1 Å². The molecule has 2 N–H and O–H groups in total. The van der Waals surface area contributed by atoms with Crippen LogP contribution < -0.4 is 10.6 Å². The number of carbonyl (C=O) groups is 2. The number of esters is 1. The third-order valence-corrected chi connectivity index (χ3v) is 6.49. The molecule has 1 amide bonds. The molecule has 8 heteroatoms. The molecule has 0 aliphatic carbocycles. The standard InChI is InChI=1S/C28H36N4O4/c1-19(2)13-14-29-21-17-22-24(31-27(33)23-12-8-16-36-23)25(28(34)35-3)32(26(22)30-18-21)15-7-11-20-9-5-4-6-10-20/h4-6,9-10,17-19,23,29H,7-8,11-16H2,1-3H3,(H,31,33)/t23-/m0/s1. The van der Waals surface area contributed by atoms with Crippen LogP contribution in [-0.2, 0) is 27.2 Å². The Morgan fingerprint density at radius 1 is 1.25 bits per heavy atom. The first-order valence-corrected chi connectivity index (χ1v) is 12.8. The van der Waals surface area contributed by atoms with Crippen molar-refractivity contribution < 1.29 is 19.1 Å². The molecule has 1 aliphatic heterocycles. The molecule has 4 rings (SSSR count). The summed E-state index contributed by atoms with van der Waals surface area (Å²) in [6.45, 7) is 6.29. The van der Waals surface area contributed by atoms with Crippen LogP contribution in [-0.4, -0.2) is 47.8 Å². The van der Waals surface area contributed by atoms with Gasteiger partial charge in [0.25, 0.3) is 5.91 Å². The summed E-state index contributed by atoms with van der Waals surface area (Å²) in [5.74, 6) is -0.184. The van der Waals surface area contributed by atoms with Gasteiger partial charge in [-0.15, -0.1) is 0 Å². The lowest BCUT2D eigenvalue weighted by atomic mass is 10.1. The van der Waals surface area contributed by atoms with Crippen LogP contribution in [0.1, 0.15) is 55.6 Å². The minimum absolute atomic E-state index is 0.251. The molecule has 1 atom stereocenters. The second kappa shape index (κ2) is 12.0. The SMILES string of the molecule is COC(=O)c1c(NC(=O)[C@@H]2CCCO2)c2cc(NCCC(C)C)cnc2n1CCCc1ccccc1. The molecule has 36 heavy (non-hydrogen) atoms. The van der Waals surface area contributed by atoms with Gasteiger partial charge in [-0.3, -0.25) is 4.79 Å². The van der Waals surface area contributed by atoms with Crippen molar-refractivity contribution in [1.82, 2.24) is 9.55 Å². The zero-order valence-electron chi connectivity index (χ0n) is 21.4. The Bertz CT molecular complexity index is 1180. The van der Waals surface area contributed by atoms with E-state index in [1.807, 2.05) is 28.8 Å². The fraction of sp³-hybridized carbons (Fsp3) is 0.464. The van der Waals surface area contributed by atoms with Crippen molar-refractivity contribution in [3.05, 3.63) is 53.9 Å². The number of pyridine rings is 1. The number of hydrogen-bond donors (Lipinski definition) is 2. The van der Waals surface area contributed by atoms with E-state index in [0.717, 1.165) is 37.9 Å². The number of ether oxygens (including phenoxy) is 2. The van der Waals surface area contributed by atoms with Crippen molar-refractivity contribution in [2.24, 2.45) is 5.92 Å². The Morgan fingerprint density at radius 3 is 2.75 bits per heavy atom. The molecule has 1 saturated heterocycles. The first-order chi connectivity index (χ1) is 17.5. The Labute approximate surface area is 212 Å². The second-order valence-corrected chi connectivity index (χ2v) is 9.65. The van der Waals surface area contributed by atoms with E-state index in [1.54, 1.807) is 6.20 Å². The average molecular weight is 493 g/mol. The summed E-state index contributed by atoms with van der Waals surface area (Å²) < 4.78 is 12.6. The van der Waals surface area contributed by atoms with Crippen LogP contribution in [0.4, 0.5) is 11.4 Å². The van der Waals surface area contributed by atoms with E-state index in [0.29, 0.717) is 47.9 Å². The van der Waals surface area contributed by atoms with Gasteiger partial charge in [-0.1, -0.05) is 44.2 Å². The molecule has 2 aromatic heterocycles. The minimum atomic E-state index is -0.521. The molecule has 0 bridgehead atoms. The number of nitrogens with one attached hydrogen (secondary N) is 2. The number of nitrogens with zero attached hydrogens (tertiary/aromatic N) is 2. The van der Waals surface area contributed by atoms with Crippen LogP contribution in [0.5, 0.6) is 0 Å². The van der Waals surface area contributed by atoms with Gasteiger partial charge >= 0.3 is 5.97 Å². The average Bonchev–Trinajstić information content (AvgIpc) is 3.52. The summed E-state index contributed by atoms with van der Waals surface area (Å²) in [5, 5.41) is 7.11. The van der Waals surface area contributed by atoms with E-state index in [-0.39, 0.29) is 5.91 Å². The molecule has 3 heterocycles. The molecular formula is C28H36N4O4. The number of carbonyl (C=O) groups excluding carboxylic acids is 2. The van der Waals surface area contributed by atoms with Crippen LogP contribution in [0.15, 0.2) is 42.6 Å². The van der Waals surface area contributed by atoms with E-state index in [9.17, 15) is 9.59 Å². The number of anilines is 2. The Balaban J connectivity index is 1.70. The summed E-state index contributed by atoms with van der Waals surface area (Å²) in [6.07, 6.45) is 5.44. The molecule has 3 aromatic rings. The lowest BCUT2D eigenvalue weighted by Crippen LogP contribution is -2.28. The number of aryl methyl sites for hydroxylation is 2. The van der Waals surface area contributed by atoms with Crippen LogP contribution in [0.3, 0.4) is 0 Å². The number of fused-ring (bicyclic) bond motifs is 1. The van der Waals surface area contributed by atoms with Crippen molar-refractivity contribution in [2.75, 3.05) is 30.9 Å². The molecule has 0 unspecified atom stereocenters. The van der Waals surface area contributed by atoms with Gasteiger partial charge in [0.1, 0.15) is 11.8 Å². The maximum absolute atomic E-state index is 13.0. The number of hydrogen-bond acceptors (Lipinski definition) is 6. The molecule has 192 valence electrons. The van der Waals surface area contributed by atoms with Crippen LogP contribution >= 0.6 is 0 Å². The summed E-state index contributed by atoms with van der Waals surface area (Å²) >= 11 is 0. The van der Waals surface area contributed by atoms with E-state index in [4.69, 9.17) is 14.5 Å². The highest BCUT2D eigenvalue weighted by Gasteiger charge is 2.30. The number of benzene rings is 1. The van der Waals surface area contributed by atoms with E-state index in [2.05, 4.69) is 36.6 Å². The van der Waals surface area contributed by atoms with E-state index in [1.165, 1.54) is 12.7 Å². The smallest absolute Gasteiger partial charge is 0.356 e. The summed E-state index contributed by atoms with van der Waals surface area (Å²) in [6, 6.07) is 12.2. The highest BCUT2D eigenvalue weighted by atomic mass is 16.5. The van der Waals surface area contributed by atoms with Crippen LogP contribution in [0.25, 0.3) is 11.0 Å². The van der Waals surface area contributed by atoms with Crippen molar-refractivity contribution >= 4 is 34.3 Å². The summed E-state index contributed by atoms with van der Waals surface area (Å²) in [7, 11) is 1.35. The highest BCUT2D eigenvalue weighted by Crippen LogP contribution is 2.33. The van der Waals surface area contributed by atoms with E-state index >= 15 is 0 Å². The number of amides is 1. The van der Waals surface area contributed by atoms with Crippen LogP contribution in [0, 0.1) is 5.92 Å². The molecule has 0 radical (unpaired) electrons. The van der Waals surface area contributed by atoms with Gasteiger partial charge in [0.05, 0.1) is 24.7 Å². The third kappa shape index (κ3) is 6.05. The third-order valence-electron chi connectivity index (χ3n) is 6.49. The van der Waals surface area contributed by atoms with Gasteiger partial charge in [0.15, 0.2) is 5.69 Å². The largest absolute Gasteiger partial charge is 0.464 e. The quantitative estimate of drug-likeness (QED) is 0.365. The minimum Gasteiger partial charge on any atom is -0.464 e. The second-order valence-electron chi connectivity index (χ2n) is 9.65. The number of rotatable bonds is 11. The fourth-order valence-corrected chi connectivity index (χ4v) is 4.55. The summed E-state index contributed by atoms with van der Waals surface area (Å²) in [5.41, 5.74) is 3.44. The van der Waals surface area contributed by atoms with Gasteiger partial charge in [0, 0.05) is 25.1 Å². The molecule has 8 nitrogen and oxygen atoms in total. The maximum Gasteiger partial charge on any atom is 0.356 e. The Hall–Kier alpha value is -3.39. The van der Waals surface area contributed by atoms with Crippen molar-refractivity contribution in [1.29, 1.82) is 0 Å². The van der Waals surface area contributed by atoms with Crippen molar-refractivity contribution in [2.45, 2.75) is 58.6 Å². The Kier molecular flexibility index (Phi) is 8.59. The van der Waals surface area contributed by atoms with Gasteiger partial charge in [-0.25, -0.2) is 9.78 Å². The molecule has 0 saturated carbocycles. The maximum atomic E-state index is 13.0. The highest BCUT2D eigenvalue weighted by molar-refractivity contribution is 6.12. The first-order valence-electron chi connectivity index (χ1n) is 12.8. The zero-order valence-corrected chi connectivity index (χ0v) is 21.4. The van der Waals surface area contributed by atoms with Gasteiger partial charge in [-0.05, 0) is 49.7 Å². The predicted octanol–water partition coefficient (Wildman–Crippen LogP) is 5.03. The molecule has 1 fully saturated rings. The van der Waals surface area contributed by atoms with Crippen molar-refractivity contribution in [3.8, 4) is 0 Å². The van der Waals surface area contributed by atoms with Crippen LogP contribution in [0.2, 0.25) is 0 Å². The summed E-state index contributed by atoms with van der Waals surface area (Å²) in [4.78, 5) is 30.8. The monoisotopic (exact) mass is 492 g/mol. The number of aromatic nitrogens is 2. The zero-order chi connectivity index (χ0) is 25.5. The predicted molar refractivity (Wildman–Crippen MR) is 141 cm³/mol. The van der Waals surface area contributed by atoms with Gasteiger partial charge in [-0.2, -0.15) is 0 Å². The molecule has 0 spiro atoms. The topological polar surface area (TPSA) is 94.5 Å². The Morgan fingerprint density at radius 2 is 2.06 bits per heavy atom. The molecule has 1 aromatic carbocycles. The molecular weight excluding hydrogens is 456 g/mol.